The van der Waals surface area contributed by atoms with Gasteiger partial charge in [0.1, 0.15) is 5.60 Å². The van der Waals surface area contributed by atoms with Gasteiger partial charge in [-0.3, -0.25) is 0 Å². The Morgan fingerprint density at radius 3 is 2.75 bits per heavy atom. The lowest BCUT2D eigenvalue weighted by Crippen LogP contribution is -2.56. The fourth-order valence-corrected chi connectivity index (χ4v) is 3.91. The molecule has 4 heteroatoms. The van der Waals surface area contributed by atoms with E-state index < -0.39 is 17.2 Å². The van der Waals surface area contributed by atoms with E-state index in [4.69, 9.17) is 4.74 Å². The highest BCUT2D eigenvalue weighted by Crippen LogP contribution is 2.51. The van der Waals surface area contributed by atoms with Gasteiger partial charge in [0.25, 0.3) is 0 Å². The van der Waals surface area contributed by atoms with E-state index in [-0.39, 0.29) is 12.5 Å². The van der Waals surface area contributed by atoms with Gasteiger partial charge in [0.2, 0.25) is 0 Å². The average molecular weight is 282 g/mol. The minimum absolute atomic E-state index is 0.0493. The smallest absolute Gasteiger partial charge is 0.333 e. The number of aliphatic hydroxyl groups excluding tert-OH is 1. The highest BCUT2D eigenvalue weighted by molar-refractivity contribution is 5.87. The summed E-state index contributed by atoms with van der Waals surface area (Å²) in [6.07, 6.45) is 4.80. The van der Waals surface area contributed by atoms with Crippen molar-refractivity contribution in [1.82, 2.24) is 0 Å². The lowest BCUT2D eigenvalue weighted by atomic mass is 9.60. The van der Waals surface area contributed by atoms with E-state index in [1.54, 1.807) is 6.92 Å². The molecule has 2 aliphatic carbocycles. The Hall–Kier alpha value is -0.870. The molecule has 0 saturated heterocycles. The molecular weight excluding hydrogens is 256 g/mol. The summed E-state index contributed by atoms with van der Waals surface area (Å²) in [5, 5.41) is 20.3. The van der Waals surface area contributed by atoms with Crippen LogP contribution >= 0.6 is 0 Å². The molecule has 20 heavy (non-hydrogen) atoms. The fourth-order valence-electron chi connectivity index (χ4n) is 3.91. The molecule has 2 aliphatic rings. The minimum Gasteiger partial charge on any atom is -0.455 e. The van der Waals surface area contributed by atoms with E-state index in [1.807, 2.05) is 6.92 Å². The molecule has 0 amide bonds. The number of rotatable bonds is 4. The maximum atomic E-state index is 12.0. The molecule has 2 saturated carbocycles. The number of fused-ring (bicyclic) bond motifs is 2. The summed E-state index contributed by atoms with van der Waals surface area (Å²) in [4.78, 5) is 12.0. The second-order valence-electron chi connectivity index (χ2n) is 6.89. The first-order chi connectivity index (χ1) is 9.30. The van der Waals surface area contributed by atoms with Gasteiger partial charge in [0, 0.05) is 24.5 Å². The van der Waals surface area contributed by atoms with E-state index in [1.165, 1.54) is 0 Å². The summed E-state index contributed by atoms with van der Waals surface area (Å²) in [6, 6.07) is 0. The van der Waals surface area contributed by atoms with Crippen LogP contribution in [0.3, 0.4) is 0 Å². The Labute approximate surface area is 120 Å². The van der Waals surface area contributed by atoms with E-state index >= 15 is 0 Å². The monoisotopic (exact) mass is 282 g/mol. The van der Waals surface area contributed by atoms with Crippen molar-refractivity contribution in [3.63, 3.8) is 0 Å². The summed E-state index contributed by atoms with van der Waals surface area (Å²) in [5.41, 5.74) is -1.15. The van der Waals surface area contributed by atoms with Crippen molar-refractivity contribution < 1.29 is 19.7 Å². The summed E-state index contributed by atoms with van der Waals surface area (Å²) in [5.74, 6) is -0.235. The molecule has 4 unspecified atom stereocenters. The number of carbonyl (C=O) groups excluding carboxylic acids is 1. The Balaban J connectivity index is 2.27. The maximum Gasteiger partial charge on any atom is 0.333 e. The third-order valence-corrected chi connectivity index (χ3v) is 5.00. The Kier molecular flexibility index (Phi) is 4.26. The fraction of sp³-hybridized carbons (Fsp3) is 0.812. The molecule has 4 atom stereocenters. The lowest BCUT2D eigenvalue weighted by molar-refractivity contribution is -0.197. The van der Waals surface area contributed by atoms with Crippen LogP contribution in [0.2, 0.25) is 0 Å². The van der Waals surface area contributed by atoms with Crippen LogP contribution in [0, 0.1) is 11.8 Å². The zero-order valence-electron chi connectivity index (χ0n) is 12.5. The molecule has 2 fully saturated rings. The number of esters is 1. The predicted octanol–water partition coefficient (Wildman–Crippen LogP) is 2.19. The highest BCUT2D eigenvalue weighted by Gasteiger charge is 2.53. The van der Waals surface area contributed by atoms with Gasteiger partial charge in [-0.05, 0) is 32.1 Å². The van der Waals surface area contributed by atoms with E-state index in [2.05, 4.69) is 6.58 Å². The van der Waals surface area contributed by atoms with E-state index in [9.17, 15) is 15.0 Å². The largest absolute Gasteiger partial charge is 0.455 e. The van der Waals surface area contributed by atoms with Crippen LogP contribution in [-0.4, -0.2) is 34.0 Å². The summed E-state index contributed by atoms with van der Waals surface area (Å²) in [6.45, 7) is 7.09. The first-order valence-electron chi connectivity index (χ1n) is 7.52. The van der Waals surface area contributed by atoms with Crippen LogP contribution < -0.4 is 0 Å². The number of hydrogen-bond donors (Lipinski definition) is 2. The first kappa shape index (κ1) is 15.5. The van der Waals surface area contributed by atoms with Gasteiger partial charge in [-0.1, -0.05) is 26.3 Å². The molecule has 2 bridgehead atoms. The van der Waals surface area contributed by atoms with Gasteiger partial charge in [-0.15, -0.1) is 0 Å². The number of ether oxygens (including phenoxy) is 1. The van der Waals surface area contributed by atoms with Crippen molar-refractivity contribution in [2.45, 2.75) is 63.6 Å². The molecule has 0 aromatic heterocycles. The van der Waals surface area contributed by atoms with E-state index in [0.717, 1.165) is 32.1 Å². The topological polar surface area (TPSA) is 66.8 Å². The van der Waals surface area contributed by atoms with Crippen molar-refractivity contribution in [1.29, 1.82) is 0 Å². The molecule has 2 N–H and O–H groups in total. The normalized spacial score (nSPS) is 38.1. The quantitative estimate of drug-likeness (QED) is 0.612. The van der Waals surface area contributed by atoms with Gasteiger partial charge >= 0.3 is 5.97 Å². The average Bonchev–Trinajstić information content (AvgIpc) is 2.35. The Bertz CT molecular complexity index is 405. The molecule has 2 rings (SSSR count). The van der Waals surface area contributed by atoms with Crippen molar-refractivity contribution >= 4 is 5.97 Å². The van der Waals surface area contributed by atoms with Crippen LogP contribution in [0.1, 0.15) is 52.4 Å². The molecule has 0 heterocycles. The molecular formula is C16H26O4. The van der Waals surface area contributed by atoms with Gasteiger partial charge < -0.3 is 14.9 Å². The number of carbonyl (C=O) groups is 1. The lowest BCUT2D eigenvalue weighted by Gasteiger charge is -2.52. The molecule has 0 spiro atoms. The molecule has 114 valence electrons. The zero-order valence-corrected chi connectivity index (χ0v) is 12.5. The molecule has 0 aromatic rings. The van der Waals surface area contributed by atoms with Crippen LogP contribution in [0.4, 0.5) is 0 Å². The Morgan fingerprint density at radius 1 is 1.50 bits per heavy atom. The second kappa shape index (κ2) is 5.49. The van der Waals surface area contributed by atoms with Crippen molar-refractivity contribution in [2.24, 2.45) is 11.8 Å². The first-order valence-corrected chi connectivity index (χ1v) is 7.52. The Morgan fingerprint density at radius 2 is 2.20 bits per heavy atom. The van der Waals surface area contributed by atoms with Crippen molar-refractivity contribution in [3.05, 3.63) is 12.2 Å². The summed E-state index contributed by atoms with van der Waals surface area (Å²) < 4.78 is 5.74. The molecule has 0 radical (unpaired) electrons. The molecule has 0 aliphatic heterocycles. The highest BCUT2D eigenvalue weighted by atomic mass is 16.6. The van der Waals surface area contributed by atoms with Crippen LogP contribution in [-0.2, 0) is 9.53 Å². The zero-order chi connectivity index (χ0) is 15.0. The van der Waals surface area contributed by atoms with Crippen LogP contribution in [0.15, 0.2) is 12.2 Å². The van der Waals surface area contributed by atoms with Crippen molar-refractivity contribution in [3.8, 4) is 0 Å². The standard InChI is InChI=1S/C16H26O4/c1-11(2)14(18)20-16(12(3)9-17)8-13-5-4-6-15(19,7-13)10-16/h12-13,17,19H,1,4-10H2,2-3H3. The van der Waals surface area contributed by atoms with Gasteiger partial charge in [-0.25, -0.2) is 4.79 Å². The SMILES string of the molecule is C=C(C)C(=O)OC1(C(C)CO)CC2CCCC(O)(C2)C1. The van der Waals surface area contributed by atoms with Gasteiger partial charge in [0.05, 0.1) is 5.60 Å². The maximum absolute atomic E-state index is 12.0. The van der Waals surface area contributed by atoms with Crippen LogP contribution in [0.5, 0.6) is 0 Å². The van der Waals surface area contributed by atoms with Crippen molar-refractivity contribution in [2.75, 3.05) is 6.61 Å². The third-order valence-electron chi connectivity index (χ3n) is 5.00. The molecule has 4 nitrogen and oxygen atoms in total. The number of aliphatic hydroxyl groups is 2. The number of hydrogen-bond acceptors (Lipinski definition) is 4. The molecule has 0 aromatic carbocycles. The summed E-state index contributed by atoms with van der Waals surface area (Å²) >= 11 is 0. The third kappa shape index (κ3) is 2.91. The summed E-state index contributed by atoms with van der Waals surface area (Å²) in [7, 11) is 0. The van der Waals surface area contributed by atoms with Crippen LogP contribution in [0.25, 0.3) is 0 Å². The minimum atomic E-state index is -0.761. The van der Waals surface area contributed by atoms with Gasteiger partial charge in [-0.2, -0.15) is 0 Å². The predicted molar refractivity (Wildman–Crippen MR) is 76.0 cm³/mol. The van der Waals surface area contributed by atoms with E-state index in [0.29, 0.717) is 17.9 Å². The second-order valence-corrected chi connectivity index (χ2v) is 6.89. The van der Waals surface area contributed by atoms with Gasteiger partial charge in [0.15, 0.2) is 0 Å².